The molecule has 0 spiro atoms. The average molecular weight is 2140 g/mol. The van der Waals surface area contributed by atoms with Crippen LogP contribution in [0.2, 0.25) is 0 Å². The van der Waals surface area contributed by atoms with E-state index < -0.39 is 197 Å². The molecule has 0 aromatic carbocycles. The van der Waals surface area contributed by atoms with E-state index >= 15 is 0 Å². The maximum atomic E-state index is 12.1. The number of Topliss-reactive ketones (excluding diaryl/α,β-unsaturated/α-hetero) is 1. The van der Waals surface area contributed by atoms with Crippen molar-refractivity contribution in [2.45, 2.75) is 318 Å². The average Bonchev–Trinajstić information content (AvgIpc) is 0.897. The van der Waals surface area contributed by atoms with Gasteiger partial charge in [-0.2, -0.15) is 0 Å². The highest BCUT2D eigenvalue weighted by Crippen LogP contribution is 2.27. The maximum Gasteiger partial charge on any atom is 0.327 e. The van der Waals surface area contributed by atoms with Crippen LogP contribution >= 0.6 is 35.3 Å². The van der Waals surface area contributed by atoms with Gasteiger partial charge in [-0.25, -0.2) is 4.79 Å². The Morgan fingerprint density at radius 3 is 0.772 bits per heavy atom. The van der Waals surface area contributed by atoms with Crippen LogP contribution in [0.1, 0.15) is 276 Å². The smallest absolute Gasteiger partial charge is 0.327 e. The minimum absolute atomic E-state index is 0.00274. The summed E-state index contributed by atoms with van der Waals surface area (Å²) in [5.74, 6) is -20.0. The Bertz CT molecular complexity index is 4240. The number of amides is 3. The molecule has 0 radical (unpaired) electrons. The van der Waals surface area contributed by atoms with Crippen LogP contribution < -0.4 is 16.0 Å². The fourth-order valence-electron chi connectivity index (χ4n) is 9.29. The zero-order chi connectivity index (χ0) is 112. The number of ketones is 1. The second kappa shape index (κ2) is 84.9. The molecule has 0 saturated carbocycles. The molecule has 6 unspecified atom stereocenters. The van der Waals surface area contributed by atoms with Crippen LogP contribution in [-0.2, 0) is 210 Å². The van der Waals surface area contributed by atoms with E-state index in [1.165, 1.54) is 20.8 Å². The zero-order valence-electron chi connectivity index (χ0n) is 82.4. The Kier molecular flexibility index (Phi) is 82.0. The fourth-order valence-corrected chi connectivity index (χ4v) is 11.8. The first kappa shape index (κ1) is 140. The molecule has 145 heavy (non-hydrogen) atoms. The van der Waals surface area contributed by atoms with Crippen LogP contribution in [0.15, 0.2) is 0 Å². The summed E-state index contributed by atoms with van der Waals surface area (Å²) in [6.07, 6.45) is -9.82. The van der Waals surface area contributed by atoms with Gasteiger partial charge in [-0.3, -0.25) is 129 Å². The second-order valence-electron chi connectivity index (χ2n) is 30.6. The van der Waals surface area contributed by atoms with E-state index in [9.17, 15) is 139 Å². The molecule has 54 nitrogen and oxygen atoms in total. The lowest BCUT2D eigenvalue weighted by Crippen LogP contribution is -2.41. The molecule has 822 valence electrons. The van der Waals surface area contributed by atoms with E-state index in [0.29, 0.717) is 30.6 Å². The molecule has 0 aliphatic carbocycles. The number of carboxylic acid groups (broad SMARTS) is 7. The van der Waals surface area contributed by atoms with Crippen molar-refractivity contribution in [3.05, 3.63) is 0 Å². The third-order valence-corrected chi connectivity index (χ3v) is 19.1. The molecular weight excluding hydrogens is 2010 g/mol. The van der Waals surface area contributed by atoms with Crippen LogP contribution in [0.3, 0.4) is 0 Å². The number of carbonyl (C=O) groups excluding carboxylic acids is 22. The number of hydrogen-bond donors (Lipinski definition) is 10. The Morgan fingerprint density at radius 1 is 0.283 bits per heavy atom. The number of carboxylic acids is 7. The summed E-state index contributed by atoms with van der Waals surface area (Å²) in [6, 6.07) is -1.25. The van der Waals surface area contributed by atoms with Gasteiger partial charge in [0, 0.05) is 136 Å². The number of thioether (sulfide) groups is 3. The topological polar surface area (TPSA) is 811 Å². The molecule has 0 saturated heterocycles. The SMILES string of the molecule is CC(=O)CCC(=O)OCCCC(OC(C)=O)OC(=O)CCC(=O)O.CC(=O)NC(CSC(=O)CCC(=O)OC(CCCOC(=O)CCC(=O)O)OC(C)=O)C(=O)O.CC(=O)NCC(C)(C)SC(=O)CCC(=O)OC(CCCOC(=O)CCC(=O)O)OC(C)=O.CC(=O)NCCSC(=O)CCC(=O)OC(CCCOC(=O)CCC(=O)O)OC(C)=O.CC(C)C(=O)OC(CCCOC(=O)CCC(=O)O)OC(=O)CCC(=O)O. The molecule has 0 aliphatic rings. The van der Waals surface area contributed by atoms with Crippen LogP contribution in [0.4, 0.5) is 0 Å². The summed E-state index contributed by atoms with van der Waals surface area (Å²) in [6.45, 7) is 16.9. The molecule has 10 N–H and O–H groups in total. The number of nitrogens with one attached hydrogen (secondary N) is 3. The van der Waals surface area contributed by atoms with Gasteiger partial charge in [-0.1, -0.05) is 49.1 Å². The van der Waals surface area contributed by atoms with Gasteiger partial charge in [0.05, 0.1) is 142 Å². The van der Waals surface area contributed by atoms with Gasteiger partial charge >= 0.3 is 131 Å². The van der Waals surface area contributed by atoms with Crippen molar-refractivity contribution in [1.82, 2.24) is 16.0 Å². The van der Waals surface area contributed by atoms with E-state index in [4.69, 9.17) is 107 Å². The standard InChI is InChI=1S/C20H31NO10S.C19H27NO12S.C18H27NO10S.C16H24O10.C15H22O9/c1-13(22)21-12-20(3,4)32-18(28)10-9-17(27)31-19(30-14(2)23)6-5-11-29-16(26)8-7-15(24)25;1-11(21)20-13(19(28)29)10-33-17(27)8-7-16(26)32-18(31-12(2)22)4-3-9-30-15(25)6-5-14(23)24;1-12(20)19-9-11-30-17(26)8-7-16(25)29-18(28-13(2)21)4-3-10-27-15(24)6-5-14(22)23;1-10(2)16(23)26-15(25-14(22)8-6-12(19)20)4-3-9-24-13(21)7-5-11(17)18;1-10(16)5-7-13(20)22-9-3-4-15(23-11(2)17)24-14(21)8-6-12(18)19/h19H,5-12H2,1-4H3,(H,21,22)(H,24,25);13,18H,3-10H2,1-2H3,(H,20,21)(H,23,24)(H,28,29);18H,3-11H2,1-2H3,(H,19,20)(H,22,23);10,15H,3-9H2,1-2H3,(H,17,18)(H,19,20);15H,3-9H2,1-2H3,(H,18,19). The van der Waals surface area contributed by atoms with E-state index in [1.54, 1.807) is 27.7 Å². The first-order valence-electron chi connectivity index (χ1n) is 44.6. The molecular formula is C88H131N3O51S3. The van der Waals surface area contributed by atoms with Crippen LogP contribution in [0.5, 0.6) is 0 Å². The van der Waals surface area contributed by atoms with Crippen LogP contribution in [-0.4, -0.2) is 306 Å². The van der Waals surface area contributed by atoms with Crippen molar-refractivity contribution >= 4 is 205 Å². The van der Waals surface area contributed by atoms with Gasteiger partial charge in [-0.05, 0) is 52.9 Å². The van der Waals surface area contributed by atoms with Crippen molar-refractivity contribution in [2.24, 2.45) is 5.92 Å². The van der Waals surface area contributed by atoms with Gasteiger partial charge in [0.25, 0.3) is 0 Å². The molecule has 0 heterocycles. The van der Waals surface area contributed by atoms with E-state index in [-0.39, 0.29) is 253 Å². The molecule has 0 rings (SSSR count). The molecule has 0 aromatic heterocycles. The monoisotopic (exact) mass is 2140 g/mol. The lowest BCUT2D eigenvalue weighted by Gasteiger charge is -2.23. The first-order chi connectivity index (χ1) is 67.6. The summed E-state index contributed by atoms with van der Waals surface area (Å²) < 4.78 is 73.1. The lowest BCUT2D eigenvalue weighted by atomic mass is 10.2. The van der Waals surface area contributed by atoms with Gasteiger partial charge in [0.2, 0.25) is 49.2 Å². The third-order valence-electron chi connectivity index (χ3n) is 16.0. The fraction of sp³-hybridized carbons (Fsp3) is 0.670. The predicted molar refractivity (Wildman–Crippen MR) is 491 cm³/mol. The van der Waals surface area contributed by atoms with Gasteiger partial charge in [0.15, 0.2) is 15.3 Å². The summed E-state index contributed by atoms with van der Waals surface area (Å²) >= 11 is 2.63. The highest BCUT2D eigenvalue weighted by molar-refractivity contribution is 8.14. The molecule has 57 heteroatoms. The summed E-state index contributed by atoms with van der Waals surface area (Å²) in [4.78, 5) is 324. The molecule has 3 amide bonds. The second-order valence-corrected chi connectivity index (χ2v) is 34.6. The van der Waals surface area contributed by atoms with Crippen molar-refractivity contribution in [3.8, 4) is 0 Å². The van der Waals surface area contributed by atoms with Gasteiger partial charge in [-0.15, -0.1) is 0 Å². The number of esters is 15. The predicted octanol–water partition coefficient (Wildman–Crippen LogP) is 4.67. The Labute approximate surface area is 844 Å². The van der Waals surface area contributed by atoms with Crippen LogP contribution in [0, 0.1) is 5.92 Å². The van der Waals surface area contributed by atoms with Crippen molar-refractivity contribution < 1.29 is 246 Å². The van der Waals surface area contributed by atoms with E-state index in [2.05, 4.69) is 16.0 Å². The number of carbonyl (C=O) groups is 29. The normalized spacial score (nSPS) is 11.6. The Hall–Kier alpha value is -13.5. The van der Waals surface area contributed by atoms with Gasteiger partial charge in [0.1, 0.15) is 11.8 Å². The summed E-state index contributed by atoms with van der Waals surface area (Å²) in [5.41, 5.74) is 0. The molecule has 0 aromatic rings. The number of ether oxygens (including phenoxy) is 15. The first-order valence-corrected chi connectivity index (χ1v) is 47.4. The van der Waals surface area contributed by atoms with Gasteiger partial charge < -0.3 is 128 Å². The third kappa shape index (κ3) is 100. The minimum atomic E-state index is -1.30. The number of aliphatic carboxylic acids is 7. The lowest BCUT2D eigenvalue weighted by molar-refractivity contribution is -0.193. The van der Waals surface area contributed by atoms with E-state index in [1.807, 2.05) is 0 Å². The van der Waals surface area contributed by atoms with Crippen molar-refractivity contribution in [3.63, 3.8) is 0 Å². The quantitative estimate of drug-likeness (QED) is 0.0171. The highest BCUT2D eigenvalue weighted by Gasteiger charge is 2.29. The van der Waals surface area contributed by atoms with Crippen molar-refractivity contribution in [1.29, 1.82) is 0 Å². The number of hydrogen-bond acceptors (Lipinski definition) is 47. The van der Waals surface area contributed by atoms with Crippen molar-refractivity contribution in [2.75, 3.05) is 57.6 Å². The highest BCUT2D eigenvalue weighted by atomic mass is 32.2. The Balaban J connectivity index is -0.000000566. The van der Waals surface area contributed by atoms with E-state index in [0.717, 1.165) is 58.1 Å². The largest absolute Gasteiger partial charge is 0.481 e. The molecule has 6 atom stereocenters. The molecule has 0 bridgehead atoms. The number of rotatable bonds is 71. The summed E-state index contributed by atoms with van der Waals surface area (Å²) in [5, 5.41) is 66.3. The summed E-state index contributed by atoms with van der Waals surface area (Å²) in [7, 11) is 0. The molecule has 0 fully saturated rings. The Morgan fingerprint density at radius 2 is 0.531 bits per heavy atom. The van der Waals surface area contributed by atoms with Crippen LogP contribution in [0.25, 0.3) is 0 Å². The maximum absolute atomic E-state index is 12.1. The zero-order valence-corrected chi connectivity index (χ0v) is 84.9. The molecule has 0 aliphatic heterocycles. The minimum Gasteiger partial charge on any atom is -0.481 e.